The minimum atomic E-state index is -3.12. The first kappa shape index (κ1) is 15.2. The summed E-state index contributed by atoms with van der Waals surface area (Å²) >= 11 is 0. The highest BCUT2D eigenvalue weighted by atomic mass is 19.3. The Morgan fingerprint density at radius 2 is 2.27 bits per heavy atom. The van der Waals surface area contributed by atoms with Crippen molar-refractivity contribution in [3.05, 3.63) is 28.8 Å². The van der Waals surface area contributed by atoms with Gasteiger partial charge in [0.1, 0.15) is 11.3 Å². The Kier molecular flexibility index (Phi) is 3.80. The quantitative estimate of drug-likeness (QED) is 0.932. The summed E-state index contributed by atoms with van der Waals surface area (Å²) in [7, 11) is 0. The van der Waals surface area contributed by atoms with Crippen molar-refractivity contribution in [2.24, 2.45) is 5.92 Å². The van der Waals surface area contributed by atoms with Crippen LogP contribution in [0.3, 0.4) is 0 Å². The van der Waals surface area contributed by atoms with E-state index in [4.69, 9.17) is 4.74 Å². The summed E-state index contributed by atoms with van der Waals surface area (Å²) in [5.74, 6) is -3.96. The van der Waals surface area contributed by atoms with Gasteiger partial charge in [-0.3, -0.25) is 4.90 Å². The first-order valence-corrected chi connectivity index (χ1v) is 7.50. The molecule has 1 aromatic rings. The smallest absolute Gasteiger partial charge is 0.339 e. The molecule has 2 heterocycles. The third kappa shape index (κ3) is 2.79. The molecule has 0 spiro atoms. The molecule has 6 heteroatoms. The SMILES string of the molecule is C[C@H]1CCCN(Cc2cc(C(=O)O)c3c(c2)C(F)(F)CO3)C1. The van der Waals surface area contributed by atoms with Crippen molar-refractivity contribution in [2.75, 3.05) is 19.7 Å². The Hall–Kier alpha value is -1.69. The monoisotopic (exact) mass is 311 g/mol. The van der Waals surface area contributed by atoms with Crippen molar-refractivity contribution < 1.29 is 23.4 Å². The Bertz CT molecular complexity index is 603. The van der Waals surface area contributed by atoms with Crippen LogP contribution in [0.5, 0.6) is 5.75 Å². The molecular formula is C16H19F2NO3. The highest BCUT2D eigenvalue weighted by Gasteiger charge is 2.43. The van der Waals surface area contributed by atoms with Crippen molar-refractivity contribution in [1.82, 2.24) is 4.90 Å². The van der Waals surface area contributed by atoms with Gasteiger partial charge in [0, 0.05) is 13.1 Å². The number of carboxylic acids is 1. The van der Waals surface area contributed by atoms with Crippen molar-refractivity contribution in [1.29, 1.82) is 0 Å². The van der Waals surface area contributed by atoms with Gasteiger partial charge in [-0.15, -0.1) is 0 Å². The van der Waals surface area contributed by atoms with E-state index in [1.165, 1.54) is 18.6 Å². The second kappa shape index (κ2) is 5.50. The van der Waals surface area contributed by atoms with Gasteiger partial charge in [0.15, 0.2) is 6.61 Å². The second-order valence-corrected chi connectivity index (χ2v) is 6.30. The predicted molar refractivity (Wildman–Crippen MR) is 76.5 cm³/mol. The van der Waals surface area contributed by atoms with Crippen LogP contribution in [0.4, 0.5) is 8.78 Å². The lowest BCUT2D eigenvalue weighted by atomic mass is 9.98. The van der Waals surface area contributed by atoms with Crippen molar-refractivity contribution in [3.63, 3.8) is 0 Å². The molecule has 0 amide bonds. The molecule has 120 valence electrons. The molecule has 0 saturated carbocycles. The minimum absolute atomic E-state index is 0.172. The predicted octanol–water partition coefficient (Wildman–Crippen LogP) is 3.10. The molecule has 1 fully saturated rings. The van der Waals surface area contributed by atoms with Gasteiger partial charge in [0.2, 0.25) is 0 Å². The molecule has 0 aromatic heterocycles. The van der Waals surface area contributed by atoms with Crippen LogP contribution in [0, 0.1) is 5.92 Å². The number of likely N-dealkylation sites (tertiary alicyclic amines) is 1. The van der Waals surface area contributed by atoms with Crippen LogP contribution in [0.25, 0.3) is 0 Å². The average Bonchev–Trinajstić information content (AvgIpc) is 2.74. The molecule has 2 aliphatic rings. The van der Waals surface area contributed by atoms with Crippen molar-refractivity contribution in [3.8, 4) is 5.75 Å². The summed E-state index contributed by atoms with van der Waals surface area (Å²) in [6, 6.07) is 2.86. The summed E-state index contributed by atoms with van der Waals surface area (Å²) in [5, 5.41) is 9.25. The lowest BCUT2D eigenvalue weighted by Crippen LogP contribution is -2.33. The molecule has 4 nitrogen and oxygen atoms in total. The van der Waals surface area contributed by atoms with Crippen LogP contribution in [-0.2, 0) is 12.5 Å². The largest absolute Gasteiger partial charge is 0.485 e. The zero-order valence-corrected chi connectivity index (χ0v) is 12.4. The molecule has 1 saturated heterocycles. The second-order valence-electron chi connectivity index (χ2n) is 6.30. The summed E-state index contributed by atoms with van der Waals surface area (Å²) in [5.41, 5.74) is 0.137. The number of carbonyl (C=O) groups is 1. The Labute approximate surface area is 127 Å². The van der Waals surface area contributed by atoms with Gasteiger partial charge in [-0.2, -0.15) is 8.78 Å². The molecule has 0 unspecified atom stereocenters. The maximum absolute atomic E-state index is 13.9. The third-order valence-electron chi connectivity index (χ3n) is 4.32. The zero-order valence-electron chi connectivity index (χ0n) is 12.4. The van der Waals surface area contributed by atoms with Crippen molar-refractivity contribution in [2.45, 2.75) is 32.2 Å². The van der Waals surface area contributed by atoms with E-state index in [0.717, 1.165) is 19.5 Å². The fourth-order valence-electron chi connectivity index (χ4n) is 3.30. The minimum Gasteiger partial charge on any atom is -0.485 e. The molecular weight excluding hydrogens is 292 g/mol. The first-order chi connectivity index (χ1) is 10.4. The molecule has 22 heavy (non-hydrogen) atoms. The number of alkyl halides is 2. The normalized spacial score (nSPS) is 23.9. The Balaban J connectivity index is 1.92. The summed E-state index contributed by atoms with van der Waals surface area (Å²) in [4.78, 5) is 13.5. The standard InChI is InChI=1S/C16H19F2NO3/c1-10-3-2-4-19(7-10)8-11-5-12(15(20)21)14-13(6-11)16(17,18)9-22-14/h5-6,10H,2-4,7-9H2,1H3,(H,20,21)/t10-/m0/s1. The van der Waals surface area contributed by atoms with E-state index in [0.29, 0.717) is 18.0 Å². The Morgan fingerprint density at radius 3 is 2.95 bits per heavy atom. The Morgan fingerprint density at radius 1 is 1.50 bits per heavy atom. The number of carboxylic acid groups (broad SMARTS) is 1. The van der Waals surface area contributed by atoms with Crippen LogP contribution < -0.4 is 4.74 Å². The number of benzene rings is 1. The van der Waals surface area contributed by atoms with Crippen LogP contribution in [0.1, 0.15) is 41.3 Å². The molecule has 0 bridgehead atoms. The van der Waals surface area contributed by atoms with Crippen LogP contribution in [-0.4, -0.2) is 35.7 Å². The third-order valence-corrected chi connectivity index (χ3v) is 4.32. The molecule has 1 N–H and O–H groups in total. The summed E-state index contributed by atoms with van der Waals surface area (Å²) in [6.45, 7) is 3.70. The van der Waals surface area contributed by atoms with Crippen molar-refractivity contribution >= 4 is 5.97 Å². The van der Waals surface area contributed by atoms with Gasteiger partial charge in [-0.05, 0) is 43.0 Å². The molecule has 1 aromatic carbocycles. The van der Waals surface area contributed by atoms with E-state index in [9.17, 15) is 18.7 Å². The lowest BCUT2D eigenvalue weighted by molar-refractivity contribution is -0.0215. The fraction of sp³-hybridized carbons (Fsp3) is 0.562. The number of aromatic carboxylic acids is 1. The maximum Gasteiger partial charge on any atom is 0.339 e. The first-order valence-electron chi connectivity index (χ1n) is 7.50. The van der Waals surface area contributed by atoms with Gasteiger partial charge in [-0.25, -0.2) is 4.79 Å². The van der Waals surface area contributed by atoms with Crippen LogP contribution in [0.15, 0.2) is 12.1 Å². The number of hydrogen-bond acceptors (Lipinski definition) is 3. The van der Waals surface area contributed by atoms with E-state index in [2.05, 4.69) is 11.8 Å². The molecule has 0 radical (unpaired) electrons. The number of rotatable bonds is 3. The summed E-state index contributed by atoms with van der Waals surface area (Å²) in [6.07, 6.45) is 2.25. The summed E-state index contributed by atoms with van der Waals surface area (Å²) < 4.78 is 32.7. The number of hydrogen-bond donors (Lipinski definition) is 1. The van der Waals surface area contributed by atoms with Gasteiger partial charge < -0.3 is 9.84 Å². The highest BCUT2D eigenvalue weighted by Crippen LogP contribution is 2.44. The molecule has 0 aliphatic carbocycles. The zero-order chi connectivity index (χ0) is 15.9. The lowest BCUT2D eigenvalue weighted by Gasteiger charge is -2.31. The van der Waals surface area contributed by atoms with E-state index < -0.39 is 18.5 Å². The maximum atomic E-state index is 13.9. The number of piperidine rings is 1. The van der Waals surface area contributed by atoms with Gasteiger partial charge in [0.25, 0.3) is 0 Å². The number of halogens is 2. The van der Waals surface area contributed by atoms with Gasteiger partial charge in [0.05, 0.1) is 5.56 Å². The highest BCUT2D eigenvalue weighted by molar-refractivity contribution is 5.92. The number of fused-ring (bicyclic) bond motifs is 1. The molecule has 2 aliphatic heterocycles. The average molecular weight is 311 g/mol. The molecule has 3 rings (SSSR count). The number of nitrogens with zero attached hydrogens (tertiary/aromatic N) is 1. The van der Waals surface area contributed by atoms with Gasteiger partial charge in [-0.1, -0.05) is 6.92 Å². The van der Waals surface area contributed by atoms with E-state index in [1.807, 2.05) is 0 Å². The van der Waals surface area contributed by atoms with E-state index in [-0.39, 0.29) is 16.9 Å². The molecule has 1 atom stereocenters. The van der Waals surface area contributed by atoms with Crippen LogP contribution >= 0.6 is 0 Å². The van der Waals surface area contributed by atoms with Crippen LogP contribution in [0.2, 0.25) is 0 Å². The van der Waals surface area contributed by atoms with Gasteiger partial charge >= 0.3 is 11.9 Å². The van der Waals surface area contributed by atoms with E-state index >= 15 is 0 Å². The fourth-order valence-corrected chi connectivity index (χ4v) is 3.30. The number of ether oxygens (including phenoxy) is 1. The topological polar surface area (TPSA) is 49.8 Å². The van der Waals surface area contributed by atoms with E-state index in [1.54, 1.807) is 0 Å².